The maximum absolute atomic E-state index is 10.1. The molecule has 4 aromatic rings. The predicted octanol–water partition coefficient (Wildman–Crippen LogP) is 5.89. The van der Waals surface area contributed by atoms with E-state index < -0.39 is 0 Å². The van der Waals surface area contributed by atoms with Gasteiger partial charge in [0.05, 0.1) is 16.6 Å². The summed E-state index contributed by atoms with van der Waals surface area (Å²) in [6, 6.07) is 19.7. The lowest BCUT2D eigenvalue weighted by Crippen LogP contribution is -2.47. The minimum atomic E-state index is 0.606. The van der Waals surface area contributed by atoms with Crippen LogP contribution in [0.2, 0.25) is 0 Å². The zero-order valence-corrected chi connectivity index (χ0v) is 21.4. The van der Waals surface area contributed by atoms with E-state index in [4.69, 9.17) is 4.98 Å². The second kappa shape index (κ2) is 9.71. The Morgan fingerprint density at radius 3 is 2.37 bits per heavy atom. The first-order valence-electron chi connectivity index (χ1n) is 12.8. The lowest BCUT2D eigenvalue weighted by molar-refractivity contribution is 0.249. The van der Waals surface area contributed by atoms with Gasteiger partial charge >= 0.3 is 0 Å². The number of anilines is 1. The molecular formula is C30H35N5. The molecule has 0 radical (unpaired) electrons. The number of fused-ring (bicyclic) bond motifs is 3. The number of pyridine rings is 1. The van der Waals surface area contributed by atoms with E-state index in [0.29, 0.717) is 11.5 Å². The summed E-state index contributed by atoms with van der Waals surface area (Å²) >= 11 is 0. The van der Waals surface area contributed by atoms with Gasteiger partial charge in [-0.1, -0.05) is 55.8 Å². The van der Waals surface area contributed by atoms with Crippen LogP contribution in [-0.2, 0) is 13.0 Å². The van der Waals surface area contributed by atoms with Crippen LogP contribution in [-0.4, -0.2) is 40.5 Å². The Morgan fingerprint density at radius 1 is 0.971 bits per heavy atom. The van der Waals surface area contributed by atoms with E-state index in [0.717, 1.165) is 67.8 Å². The van der Waals surface area contributed by atoms with E-state index in [1.54, 1.807) is 0 Å². The molecule has 0 N–H and O–H groups in total. The average Bonchev–Trinajstić information content (AvgIpc) is 3.23. The van der Waals surface area contributed by atoms with Crippen LogP contribution in [0.5, 0.6) is 0 Å². The van der Waals surface area contributed by atoms with Gasteiger partial charge in [-0.25, -0.2) is 4.98 Å². The third-order valence-corrected chi connectivity index (χ3v) is 7.38. The van der Waals surface area contributed by atoms with Gasteiger partial charge in [0.25, 0.3) is 0 Å². The van der Waals surface area contributed by atoms with E-state index in [1.807, 2.05) is 6.07 Å². The SMILES string of the molecule is Cc1ccc(CN2CCN(c3c(CCC(C)C)c(C)c(C#N)c4nc5ccccc5n34)CC2)cc1. The highest BCUT2D eigenvalue weighted by atomic mass is 15.3. The van der Waals surface area contributed by atoms with Crippen LogP contribution in [0.4, 0.5) is 5.82 Å². The fourth-order valence-corrected chi connectivity index (χ4v) is 5.30. The summed E-state index contributed by atoms with van der Waals surface area (Å²) in [5.74, 6) is 1.84. The fourth-order valence-electron chi connectivity index (χ4n) is 5.30. The number of aromatic nitrogens is 2. The van der Waals surface area contributed by atoms with Crippen molar-refractivity contribution in [3.63, 3.8) is 0 Å². The monoisotopic (exact) mass is 465 g/mol. The molecule has 0 spiro atoms. The van der Waals surface area contributed by atoms with Crippen LogP contribution in [0.3, 0.4) is 0 Å². The molecule has 2 aromatic carbocycles. The molecule has 5 heteroatoms. The quantitative estimate of drug-likeness (QED) is 0.356. The number of hydrogen-bond acceptors (Lipinski definition) is 4. The highest BCUT2D eigenvalue weighted by Crippen LogP contribution is 2.35. The van der Waals surface area contributed by atoms with Gasteiger partial charge in [-0.05, 0) is 61.4 Å². The summed E-state index contributed by atoms with van der Waals surface area (Å²) in [5.41, 5.74) is 8.61. The highest BCUT2D eigenvalue weighted by molar-refractivity contribution is 5.86. The number of hydrogen-bond donors (Lipinski definition) is 0. The number of nitriles is 1. The van der Waals surface area contributed by atoms with Crippen LogP contribution in [0.15, 0.2) is 48.5 Å². The van der Waals surface area contributed by atoms with E-state index in [9.17, 15) is 5.26 Å². The minimum absolute atomic E-state index is 0.606. The van der Waals surface area contributed by atoms with Crippen molar-refractivity contribution < 1.29 is 0 Å². The van der Waals surface area contributed by atoms with Crippen LogP contribution in [0.1, 0.15) is 48.1 Å². The normalized spacial score (nSPS) is 14.8. The Balaban J connectivity index is 1.55. The molecule has 5 rings (SSSR count). The molecule has 35 heavy (non-hydrogen) atoms. The Hall–Kier alpha value is -3.36. The molecule has 0 atom stereocenters. The smallest absolute Gasteiger partial charge is 0.157 e. The summed E-state index contributed by atoms with van der Waals surface area (Å²) < 4.78 is 2.27. The standard InChI is InChI=1S/C30H35N5/c1-21(2)9-14-25-23(4)26(19-31)29-32-27-7-5-6-8-28(27)35(29)30(25)34-17-15-33(16-18-34)20-24-12-10-22(3)11-13-24/h5-8,10-13,21H,9,14-18,20H2,1-4H3. The zero-order chi connectivity index (χ0) is 24.5. The molecule has 1 saturated heterocycles. The molecule has 3 heterocycles. The van der Waals surface area contributed by atoms with E-state index in [2.05, 4.69) is 90.4 Å². The lowest BCUT2D eigenvalue weighted by Gasteiger charge is -2.38. The van der Waals surface area contributed by atoms with Gasteiger partial charge in [0.2, 0.25) is 0 Å². The van der Waals surface area contributed by atoms with Crippen molar-refractivity contribution in [3.05, 3.63) is 76.3 Å². The molecule has 0 saturated carbocycles. The molecule has 1 aliphatic rings. The molecule has 0 bridgehead atoms. The molecule has 0 aliphatic carbocycles. The van der Waals surface area contributed by atoms with Crippen LogP contribution in [0, 0.1) is 31.1 Å². The van der Waals surface area contributed by atoms with Gasteiger partial charge in [0.15, 0.2) is 5.65 Å². The molecular weight excluding hydrogens is 430 g/mol. The van der Waals surface area contributed by atoms with Crippen LogP contribution < -0.4 is 4.90 Å². The first-order chi connectivity index (χ1) is 17.0. The van der Waals surface area contributed by atoms with E-state index >= 15 is 0 Å². The highest BCUT2D eigenvalue weighted by Gasteiger charge is 2.26. The molecule has 5 nitrogen and oxygen atoms in total. The fraction of sp³-hybridized carbons (Fsp3) is 0.400. The Labute approximate surface area is 208 Å². The first kappa shape index (κ1) is 23.4. The average molecular weight is 466 g/mol. The number of rotatable bonds is 6. The number of imidazole rings is 1. The second-order valence-electron chi connectivity index (χ2n) is 10.4. The maximum atomic E-state index is 10.1. The van der Waals surface area contributed by atoms with Gasteiger partial charge < -0.3 is 4.90 Å². The lowest BCUT2D eigenvalue weighted by atomic mass is 9.96. The number of piperazine rings is 1. The summed E-state index contributed by atoms with van der Waals surface area (Å²) in [6.07, 6.45) is 2.07. The van der Waals surface area contributed by atoms with Crippen LogP contribution >= 0.6 is 0 Å². The molecule has 0 amide bonds. The van der Waals surface area contributed by atoms with Crippen LogP contribution in [0.25, 0.3) is 16.7 Å². The van der Waals surface area contributed by atoms with Crippen molar-refractivity contribution in [1.82, 2.24) is 14.3 Å². The number of aryl methyl sites for hydroxylation is 1. The van der Waals surface area contributed by atoms with Crippen molar-refractivity contribution >= 4 is 22.5 Å². The maximum Gasteiger partial charge on any atom is 0.157 e. The number of para-hydroxylation sites is 2. The molecule has 0 unspecified atom stereocenters. The molecule has 1 aliphatic heterocycles. The van der Waals surface area contributed by atoms with Crippen molar-refractivity contribution in [3.8, 4) is 6.07 Å². The number of nitrogens with zero attached hydrogens (tertiary/aromatic N) is 5. The Bertz CT molecular complexity index is 1380. The summed E-state index contributed by atoms with van der Waals surface area (Å²) in [4.78, 5) is 10.0. The van der Waals surface area contributed by atoms with Crippen molar-refractivity contribution in [2.24, 2.45) is 5.92 Å². The summed E-state index contributed by atoms with van der Waals surface area (Å²) in [6.45, 7) is 13.8. The Morgan fingerprint density at radius 2 is 1.69 bits per heavy atom. The minimum Gasteiger partial charge on any atom is -0.355 e. The van der Waals surface area contributed by atoms with E-state index in [1.165, 1.54) is 22.5 Å². The molecule has 2 aromatic heterocycles. The first-order valence-corrected chi connectivity index (χ1v) is 12.8. The number of benzene rings is 2. The largest absolute Gasteiger partial charge is 0.355 e. The third kappa shape index (κ3) is 4.51. The van der Waals surface area contributed by atoms with Gasteiger partial charge in [0.1, 0.15) is 11.9 Å². The molecule has 1 fully saturated rings. The summed E-state index contributed by atoms with van der Waals surface area (Å²) in [5, 5.41) is 10.1. The predicted molar refractivity (Wildman–Crippen MR) is 144 cm³/mol. The Kier molecular flexibility index (Phi) is 6.49. The van der Waals surface area contributed by atoms with E-state index in [-0.39, 0.29) is 0 Å². The van der Waals surface area contributed by atoms with Crippen molar-refractivity contribution in [2.45, 2.75) is 47.1 Å². The summed E-state index contributed by atoms with van der Waals surface area (Å²) in [7, 11) is 0. The topological polar surface area (TPSA) is 47.6 Å². The molecule has 180 valence electrons. The van der Waals surface area contributed by atoms with Crippen molar-refractivity contribution in [1.29, 1.82) is 5.26 Å². The third-order valence-electron chi connectivity index (χ3n) is 7.38. The van der Waals surface area contributed by atoms with Gasteiger partial charge in [-0.2, -0.15) is 5.26 Å². The van der Waals surface area contributed by atoms with Gasteiger partial charge in [-0.3, -0.25) is 9.30 Å². The van der Waals surface area contributed by atoms with Gasteiger partial charge in [0, 0.05) is 32.7 Å². The second-order valence-corrected chi connectivity index (χ2v) is 10.4. The van der Waals surface area contributed by atoms with Gasteiger partial charge in [-0.15, -0.1) is 0 Å². The zero-order valence-electron chi connectivity index (χ0n) is 21.4. The van der Waals surface area contributed by atoms with Crippen molar-refractivity contribution in [2.75, 3.05) is 31.1 Å².